The Morgan fingerprint density at radius 1 is 1.43 bits per heavy atom. The lowest BCUT2D eigenvalue weighted by atomic mass is 9.94. The van der Waals surface area contributed by atoms with E-state index < -0.39 is 0 Å². The van der Waals surface area contributed by atoms with E-state index >= 15 is 0 Å². The molecule has 6 nitrogen and oxygen atoms in total. The van der Waals surface area contributed by atoms with E-state index in [1.54, 1.807) is 25.5 Å². The Bertz CT molecular complexity index is 498. The molecule has 1 aliphatic heterocycles. The third-order valence-electron chi connectivity index (χ3n) is 4.22. The zero-order valence-corrected chi connectivity index (χ0v) is 15.2. The van der Waals surface area contributed by atoms with Gasteiger partial charge >= 0.3 is 0 Å². The predicted molar refractivity (Wildman–Crippen MR) is 94.4 cm³/mol. The van der Waals surface area contributed by atoms with Crippen molar-refractivity contribution in [2.45, 2.75) is 38.2 Å². The van der Waals surface area contributed by atoms with Crippen LogP contribution in [0.4, 0.5) is 0 Å². The Morgan fingerprint density at radius 2 is 2.22 bits per heavy atom. The predicted octanol–water partition coefficient (Wildman–Crippen LogP) is 1.61. The lowest BCUT2D eigenvalue weighted by Gasteiger charge is -2.36. The average Bonchev–Trinajstić information content (AvgIpc) is 3.06. The van der Waals surface area contributed by atoms with Crippen molar-refractivity contribution in [2.75, 3.05) is 40.5 Å². The molecule has 0 amide bonds. The number of aryl methyl sites for hydroxylation is 1. The van der Waals surface area contributed by atoms with Gasteiger partial charge in [0, 0.05) is 70.8 Å². The number of methoxy groups -OCH3 is 1. The summed E-state index contributed by atoms with van der Waals surface area (Å²) in [5.41, 5.74) is -0.152. The first-order valence-electron chi connectivity index (χ1n) is 8.22. The van der Waals surface area contributed by atoms with Crippen LogP contribution in [-0.4, -0.2) is 57.0 Å². The second kappa shape index (κ2) is 9.20. The zero-order valence-electron chi connectivity index (χ0n) is 14.4. The van der Waals surface area contributed by atoms with Crippen molar-refractivity contribution in [2.24, 2.45) is 4.99 Å². The highest BCUT2D eigenvalue weighted by Gasteiger charge is 2.32. The highest BCUT2D eigenvalue weighted by atomic mass is 32.1. The molecule has 0 aliphatic carbocycles. The molecule has 0 radical (unpaired) electrons. The van der Waals surface area contributed by atoms with Crippen LogP contribution >= 0.6 is 11.3 Å². The molecular formula is C16H28N4O2S. The molecule has 0 unspecified atom stereocenters. The second-order valence-corrected chi connectivity index (χ2v) is 6.88. The highest BCUT2D eigenvalue weighted by molar-refractivity contribution is 7.11. The Labute approximate surface area is 142 Å². The first-order valence-corrected chi connectivity index (χ1v) is 9.04. The number of nitrogens with one attached hydrogen (secondary N) is 2. The Balaban J connectivity index is 1.74. The van der Waals surface area contributed by atoms with Crippen molar-refractivity contribution in [3.8, 4) is 0 Å². The van der Waals surface area contributed by atoms with E-state index in [2.05, 4.69) is 27.5 Å². The van der Waals surface area contributed by atoms with Crippen LogP contribution in [0.25, 0.3) is 0 Å². The SMILES string of the molecule is CCc1cnc(CCNC(=NC)NCC2(OC)CCOCC2)s1. The normalized spacial score (nSPS) is 18.0. The van der Waals surface area contributed by atoms with Crippen molar-refractivity contribution in [3.05, 3.63) is 16.1 Å². The summed E-state index contributed by atoms with van der Waals surface area (Å²) in [7, 11) is 3.56. The number of hydrogen-bond acceptors (Lipinski definition) is 5. The van der Waals surface area contributed by atoms with Crippen LogP contribution in [0.5, 0.6) is 0 Å². The fourth-order valence-corrected chi connectivity index (χ4v) is 3.44. The maximum absolute atomic E-state index is 5.73. The van der Waals surface area contributed by atoms with Gasteiger partial charge in [-0.25, -0.2) is 4.98 Å². The van der Waals surface area contributed by atoms with Gasteiger partial charge in [0.2, 0.25) is 0 Å². The van der Waals surface area contributed by atoms with E-state index in [1.165, 1.54) is 9.88 Å². The summed E-state index contributed by atoms with van der Waals surface area (Å²) in [6.45, 7) is 5.23. The molecule has 7 heteroatoms. The summed E-state index contributed by atoms with van der Waals surface area (Å²) < 4.78 is 11.2. The van der Waals surface area contributed by atoms with Crippen LogP contribution in [0.2, 0.25) is 0 Å². The van der Waals surface area contributed by atoms with Crippen molar-refractivity contribution in [3.63, 3.8) is 0 Å². The average molecular weight is 340 g/mol. The summed E-state index contributed by atoms with van der Waals surface area (Å²) in [6, 6.07) is 0. The molecule has 2 N–H and O–H groups in total. The van der Waals surface area contributed by atoms with Gasteiger partial charge in [-0.15, -0.1) is 11.3 Å². The molecule has 0 bridgehead atoms. The molecule has 1 fully saturated rings. The van der Waals surface area contributed by atoms with Gasteiger partial charge in [-0.05, 0) is 6.42 Å². The number of nitrogens with zero attached hydrogens (tertiary/aromatic N) is 2. The standard InChI is InChI=1S/C16H28N4O2S/c1-4-13-11-19-14(23-13)5-8-18-15(17-2)20-12-16(21-3)6-9-22-10-7-16/h11H,4-10,12H2,1-3H3,(H2,17,18,20). The minimum Gasteiger partial charge on any atom is -0.381 e. The lowest BCUT2D eigenvalue weighted by molar-refractivity contribution is -0.0855. The highest BCUT2D eigenvalue weighted by Crippen LogP contribution is 2.23. The molecule has 130 valence electrons. The molecule has 1 aromatic rings. The number of aliphatic imine (C=N–C) groups is 1. The summed E-state index contributed by atoms with van der Waals surface area (Å²) >= 11 is 1.79. The summed E-state index contributed by atoms with van der Waals surface area (Å²) in [6.07, 6.45) is 5.76. The van der Waals surface area contributed by atoms with Crippen LogP contribution in [0.1, 0.15) is 29.7 Å². The molecule has 0 atom stereocenters. The van der Waals surface area contributed by atoms with Gasteiger partial charge in [0.05, 0.1) is 10.6 Å². The molecular weight excluding hydrogens is 312 g/mol. The van der Waals surface area contributed by atoms with E-state index in [-0.39, 0.29) is 5.60 Å². The van der Waals surface area contributed by atoms with Crippen molar-refractivity contribution in [1.29, 1.82) is 0 Å². The first-order chi connectivity index (χ1) is 11.2. The largest absolute Gasteiger partial charge is 0.381 e. The van der Waals surface area contributed by atoms with Crippen molar-refractivity contribution in [1.82, 2.24) is 15.6 Å². The monoisotopic (exact) mass is 340 g/mol. The number of aromatic nitrogens is 1. The summed E-state index contributed by atoms with van der Waals surface area (Å²) in [5.74, 6) is 0.806. The molecule has 0 spiro atoms. The third kappa shape index (κ3) is 5.44. The van der Waals surface area contributed by atoms with Crippen molar-refractivity contribution >= 4 is 17.3 Å². The molecule has 2 heterocycles. The Kier molecular flexibility index (Phi) is 7.26. The minimum atomic E-state index is -0.152. The van der Waals surface area contributed by atoms with E-state index in [0.29, 0.717) is 0 Å². The van der Waals surface area contributed by atoms with Crippen LogP contribution in [0.15, 0.2) is 11.2 Å². The summed E-state index contributed by atoms with van der Waals surface area (Å²) in [5, 5.41) is 7.89. The smallest absolute Gasteiger partial charge is 0.191 e. The molecule has 0 saturated carbocycles. The molecule has 23 heavy (non-hydrogen) atoms. The lowest BCUT2D eigenvalue weighted by Crippen LogP contribution is -2.51. The van der Waals surface area contributed by atoms with Crippen LogP contribution in [-0.2, 0) is 22.3 Å². The van der Waals surface area contributed by atoms with Gasteiger partial charge in [0.1, 0.15) is 0 Å². The maximum Gasteiger partial charge on any atom is 0.191 e. The number of guanidine groups is 1. The van der Waals surface area contributed by atoms with Gasteiger partial charge < -0.3 is 20.1 Å². The van der Waals surface area contributed by atoms with Gasteiger partial charge in [-0.1, -0.05) is 6.92 Å². The topological polar surface area (TPSA) is 67.8 Å². The molecule has 1 aromatic heterocycles. The quantitative estimate of drug-likeness (QED) is 0.583. The third-order valence-corrected chi connectivity index (χ3v) is 5.42. The minimum absolute atomic E-state index is 0.152. The number of rotatable bonds is 7. The summed E-state index contributed by atoms with van der Waals surface area (Å²) in [4.78, 5) is 10.1. The van der Waals surface area contributed by atoms with Gasteiger partial charge in [-0.3, -0.25) is 4.99 Å². The Morgan fingerprint density at radius 3 is 2.83 bits per heavy atom. The zero-order chi connectivity index (χ0) is 16.5. The van der Waals surface area contributed by atoms with Crippen molar-refractivity contribution < 1.29 is 9.47 Å². The number of ether oxygens (including phenoxy) is 2. The van der Waals surface area contributed by atoms with E-state index in [1.807, 2.05) is 6.20 Å². The van der Waals surface area contributed by atoms with Gasteiger partial charge in [0.15, 0.2) is 5.96 Å². The van der Waals surface area contributed by atoms with E-state index in [9.17, 15) is 0 Å². The fourth-order valence-electron chi connectivity index (χ4n) is 2.58. The molecule has 1 aliphatic rings. The van der Waals surface area contributed by atoms with Crippen LogP contribution in [0, 0.1) is 0 Å². The maximum atomic E-state index is 5.73. The fraction of sp³-hybridized carbons (Fsp3) is 0.750. The number of thiazole rings is 1. The molecule has 2 rings (SSSR count). The van der Waals surface area contributed by atoms with Crippen LogP contribution in [0.3, 0.4) is 0 Å². The van der Waals surface area contributed by atoms with E-state index in [0.717, 1.165) is 57.9 Å². The van der Waals surface area contributed by atoms with Crippen LogP contribution < -0.4 is 10.6 Å². The second-order valence-electron chi connectivity index (χ2n) is 5.68. The first kappa shape index (κ1) is 18.2. The molecule has 1 saturated heterocycles. The Hall–Kier alpha value is -1.18. The number of hydrogen-bond donors (Lipinski definition) is 2. The molecule has 0 aromatic carbocycles. The van der Waals surface area contributed by atoms with E-state index in [4.69, 9.17) is 9.47 Å². The van der Waals surface area contributed by atoms with Gasteiger partial charge in [-0.2, -0.15) is 0 Å². The van der Waals surface area contributed by atoms with Gasteiger partial charge in [0.25, 0.3) is 0 Å².